The summed E-state index contributed by atoms with van der Waals surface area (Å²) in [5, 5.41) is 11.4. The van der Waals surface area contributed by atoms with E-state index in [1.165, 1.54) is 0 Å². The highest BCUT2D eigenvalue weighted by Crippen LogP contribution is 2.18. The van der Waals surface area contributed by atoms with Crippen LogP contribution in [0.4, 0.5) is 5.69 Å². The standard InChI is InChI=1S/C21H25NO5/c1-15(2)27-19-6-3-5-16(13-19)14-20(23)22-17-8-10-18(11-9-17)26-12-4-7-21(24)25/h3,5-6,8-11,13,15H,4,7,12,14H2,1-2H3,(H,22,23)(H,24,25). The first-order valence-corrected chi connectivity index (χ1v) is 8.92. The number of carboxylic acid groups (broad SMARTS) is 1. The second kappa shape index (κ2) is 10.2. The minimum atomic E-state index is -0.835. The number of hydrogen-bond acceptors (Lipinski definition) is 4. The van der Waals surface area contributed by atoms with Crippen LogP contribution in [0.2, 0.25) is 0 Å². The Bertz CT molecular complexity index is 755. The van der Waals surface area contributed by atoms with Crippen molar-refractivity contribution in [1.82, 2.24) is 0 Å². The first kappa shape index (κ1) is 20.3. The van der Waals surface area contributed by atoms with E-state index in [0.717, 1.165) is 11.3 Å². The molecule has 0 fully saturated rings. The van der Waals surface area contributed by atoms with Gasteiger partial charge in [0.1, 0.15) is 11.5 Å². The van der Waals surface area contributed by atoms with Gasteiger partial charge in [-0.1, -0.05) is 12.1 Å². The molecule has 2 rings (SSSR count). The Labute approximate surface area is 159 Å². The minimum Gasteiger partial charge on any atom is -0.494 e. The lowest BCUT2D eigenvalue weighted by atomic mass is 10.1. The number of carbonyl (C=O) groups excluding carboxylic acids is 1. The Morgan fingerprint density at radius 2 is 1.81 bits per heavy atom. The third-order valence-corrected chi connectivity index (χ3v) is 3.58. The van der Waals surface area contributed by atoms with Crippen molar-refractivity contribution in [3.8, 4) is 11.5 Å². The number of amides is 1. The van der Waals surface area contributed by atoms with E-state index in [-0.39, 0.29) is 24.9 Å². The van der Waals surface area contributed by atoms with Gasteiger partial charge in [-0.15, -0.1) is 0 Å². The molecule has 2 aromatic carbocycles. The molecule has 0 aliphatic heterocycles. The number of nitrogens with one attached hydrogen (secondary N) is 1. The molecule has 6 nitrogen and oxygen atoms in total. The number of carboxylic acids is 1. The summed E-state index contributed by atoms with van der Waals surface area (Å²) >= 11 is 0. The Morgan fingerprint density at radius 3 is 2.48 bits per heavy atom. The molecule has 2 aromatic rings. The molecule has 0 spiro atoms. The van der Waals surface area contributed by atoms with Crippen molar-refractivity contribution in [3.05, 3.63) is 54.1 Å². The quantitative estimate of drug-likeness (QED) is 0.619. The van der Waals surface area contributed by atoms with Crippen molar-refractivity contribution in [2.24, 2.45) is 0 Å². The van der Waals surface area contributed by atoms with Gasteiger partial charge in [0.05, 0.1) is 19.1 Å². The molecule has 6 heteroatoms. The number of carbonyl (C=O) groups is 2. The SMILES string of the molecule is CC(C)Oc1cccc(CC(=O)Nc2ccc(OCCCC(=O)O)cc2)c1. The molecule has 0 atom stereocenters. The minimum absolute atomic E-state index is 0.0809. The summed E-state index contributed by atoms with van der Waals surface area (Å²) in [6, 6.07) is 14.5. The molecule has 1 amide bonds. The van der Waals surface area contributed by atoms with Crippen LogP contribution in [-0.2, 0) is 16.0 Å². The van der Waals surface area contributed by atoms with E-state index in [2.05, 4.69) is 5.32 Å². The fourth-order valence-corrected chi connectivity index (χ4v) is 2.44. The average Bonchev–Trinajstić information content (AvgIpc) is 2.59. The number of benzene rings is 2. The van der Waals surface area contributed by atoms with Gasteiger partial charge in [-0.2, -0.15) is 0 Å². The zero-order chi connectivity index (χ0) is 19.6. The molecule has 0 heterocycles. The molecule has 0 aliphatic rings. The van der Waals surface area contributed by atoms with E-state index >= 15 is 0 Å². The molecule has 0 bridgehead atoms. The third kappa shape index (κ3) is 7.81. The number of anilines is 1. The molecule has 2 N–H and O–H groups in total. The van der Waals surface area contributed by atoms with Crippen LogP contribution >= 0.6 is 0 Å². The number of ether oxygens (including phenoxy) is 2. The predicted molar refractivity (Wildman–Crippen MR) is 103 cm³/mol. The Hall–Kier alpha value is -3.02. The molecule has 0 aliphatic carbocycles. The van der Waals surface area contributed by atoms with Crippen LogP contribution in [0.15, 0.2) is 48.5 Å². The summed E-state index contributed by atoms with van der Waals surface area (Å²) in [7, 11) is 0. The van der Waals surface area contributed by atoms with Gasteiger partial charge in [0, 0.05) is 12.1 Å². The summed E-state index contributed by atoms with van der Waals surface area (Å²) in [5.74, 6) is 0.432. The highest BCUT2D eigenvalue weighted by Gasteiger charge is 2.07. The van der Waals surface area contributed by atoms with Gasteiger partial charge in [-0.25, -0.2) is 0 Å². The second-order valence-electron chi connectivity index (χ2n) is 6.41. The maximum absolute atomic E-state index is 12.2. The van der Waals surface area contributed by atoms with E-state index in [4.69, 9.17) is 14.6 Å². The van der Waals surface area contributed by atoms with Crippen LogP contribution in [0.3, 0.4) is 0 Å². The van der Waals surface area contributed by atoms with Gasteiger partial charge in [0.15, 0.2) is 0 Å². The Kier molecular flexibility index (Phi) is 7.67. The lowest BCUT2D eigenvalue weighted by Gasteiger charge is -2.11. The van der Waals surface area contributed by atoms with E-state index < -0.39 is 5.97 Å². The van der Waals surface area contributed by atoms with E-state index in [0.29, 0.717) is 24.5 Å². The van der Waals surface area contributed by atoms with Crippen molar-refractivity contribution in [3.63, 3.8) is 0 Å². The van der Waals surface area contributed by atoms with E-state index in [9.17, 15) is 9.59 Å². The van der Waals surface area contributed by atoms with Crippen LogP contribution in [0.5, 0.6) is 11.5 Å². The van der Waals surface area contributed by atoms with Crippen molar-refractivity contribution in [2.75, 3.05) is 11.9 Å². The van der Waals surface area contributed by atoms with Crippen molar-refractivity contribution in [1.29, 1.82) is 0 Å². The third-order valence-electron chi connectivity index (χ3n) is 3.58. The largest absolute Gasteiger partial charge is 0.494 e. The van der Waals surface area contributed by atoms with Crippen molar-refractivity contribution < 1.29 is 24.2 Å². The highest BCUT2D eigenvalue weighted by atomic mass is 16.5. The Morgan fingerprint density at radius 1 is 1.07 bits per heavy atom. The molecule has 0 unspecified atom stereocenters. The summed E-state index contributed by atoms with van der Waals surface area (Å²) in [4.78, 5) is 22.7. The van der Waals surface area contributed by atoms with Gasteiger partial charge < -0.3 is 19.9 Å². The molecule has 27 heavy (non-hydrogen) atoms. The molecule has 0 saturated heterocycles. The lowest BCUT2D eigenvalue weighted by Crippen LogP contribution is -2.14. The van der Waals surface area contributed by atoms with Crippen LogP contribution in [0.1, 0.15) is 32.3 Å². The summed E-state index contributed by atoms with van der Waals surface area (Å²) < 4.78 is 11.1. The zero-order valence-electron chi connectivity index (χ0n) is 15.6. The summed E-state index contributed by atoms with van der Waals surface area (Å²) in [6.45, 7) is 4.25. The van der Waals surface area contributed by atoms with Crippen molar-refractivity contribution >= 4 is 17.6 Å². The molecule has 0 radical (unpaired) electrons. The smallest absolute Gasteiger partial charge is 0.303 e. The average molecular weight is 371 g/mol. The van der Waals surface area contributed by atoms with Gasteiger partial charge in [-0.3, -0.25) is 9.59 Å². The van der Waals surface area contributed by atoms with Crippen molar-refractivity contribution in [2.45, 2.75) is 39.2 Å². The molecule has 144 valence electrons. The predicted octanol–water partition coefficient (Wildman–Crippen LogP) is 3.90. The maximum Gasteiger partial charge on any atom is 0.303 e. The summed E-state index contributed by atoms with van der Waals surface area (Å²) in [5.41, 5.74) is 1.55. The van der Waals surface area contributed by atoms with Crippen LogP contribution < -0.4 is 14.8 Å². The van der Waals surface area contributed by atoms with Crippen LogP contribution in [0, 0.1) is 0 Å². The monoisotopic (exact) mass is 371 g/mol. The fraction of sp³-hybridized carbons (Fsp3) is 0.333. The second-order valence-corrected chi connectivity index (χ2v) is 6.41. The molecular formula is C21H25NO5. The number of hydrogen-bond donors (Lipinski definition) is 2. The Balaban J connectivity index is 1.82. The molecule has 0 aromatic heterocycles. The maximum atomic E-state index is 12.2. The molecule has 0 saturated carbocycles. The summed E-state index contributed by atoms with van der Waals surface area (Å²) in [6.07, 6.45) is 0.868. The van der Waals surface area contributed by atoms with Gasteiger partial charge in [0.25, 0.3) is 0 Å². The van der Waals surface area contributed by atoms with Gasteiger partial charge in [0.2, 0.25) is 5.91 Å². The first-order valence-electron chi connectivity index (χ1n) is 8.92. The normalized spacial score (nSPS) is 10.5. The first-order chi connectivity index (χ1) is 12.9. The number of rotatable bonds is 10. The lowest BCUT2D eigenvalue weighted by molar-refractivity contribution is -0.137. The van der Waals surface area contributed by atoms with Gasteiger partial charge in [-0.05, 0) is 62.2 Å². The topological polar surface area (TPSA) is 84.9 Å². The highest BCUT2D eigenvalue weighted by molar-refractivity contribution is 5.92. The van der Waals surface area contributed by atoms with Crippen LogP contribution in [-0.4, -0.2) is 29.7 Å². The molecular weight excluding hydrogens is 346 g/mol. The van der Waals surface area contributed by atoms with Crippen LogP contribution in [0.25, 0.3) is 0 Å². The van der Waals surface area contributed by atoms with Gasteiger partial charge >= 0.3 is 5.97 Å². The van der Waals surface area contributed by atoms with E-state index in [1.54, 1.807) is 24.3 Å². The number of aliphatic carboxylic acids is 1. The zero-order valence-corrected chi connectivity index (χ0v) is 15.6. The van der Waals surface area contributed by atoms with E-state index in [1.807, 2.05) is 38.1 Å². The fourth-order valence-electron chi connectivity index (χ4n) is 2.44.